The van der Waals surface area contributed by atoms with Crippen molar-refractivity contribution in [2.24, 2.45) is 5.14 Å². The fraction of sp³-hybridized carbons (Fsp3) is 0.118. The second-order valence-electron chi connectivity index (χ2n) is 5.54. The van der Waals surface area contributed by atoms with Crippen molar-refractivity contribution in [1.29, 1.82) is 5.26 Å². The lowest BCUT2D eigenvalue weighted by Gasteiger charge is -2.07. The third-order valence-electron chi connectivity index (χ3n) is 3.69. The number of sulfonamides is 1. The van der Waals surface area contributed by atoms with Gasteiger partial charge in [-0.2, -0.15) is 5.26 Å². The highest BCUT2D eigenvalue weighted by atomic mass is 32.2. The number of aliphatic hydroxyl groups is 1. The van der Waals surface area contributed by atoms with Crippen molar-refractivity contribution < 1.29 is 13.5 Å². The van der Waals surface area contributed by atoms with E-state index in [1.165, 1.54) is 16.8 Å². The summed E-state index contributed by atoms with van der Waals surface area (Å²) in [5.74, 6) is 0.791. The first kappa shape index (κ1) is 17.8. The van der Waals surface area contributed by atoms with E-state index < -0.39 is 10.0 Å². The van der Waals surface area contributed by atoms with Crippen LogP contribution in [0.3, 0.4) is 0 Å². The van der Waals surface area contributed by atoms with Gasteiger partial charge in [0, 0.05) is 6.42 Å². The lowest BCUT2D eigenvalue weighted by atomic mass is 10.1. The van der Waals surface area contributed by atoms with Gasteiger partial charge in [0.25, 0.3) is 0 Å². The highest BCUT2D eigenvalue weighted by Crippen LogP contribution is 2.17. The van der Waals surface area contributed by atoms with Crippen LogP contribution in [0.25, 0.3) is 5.69 Å². The summed E-state index contributed by atoms with van der Waals surface area (Å²) in [6.07, 6.45) is 0.388. The van der Waals surface area contributed by atoms with Gasteiger partial charge in [-0.1, -0.05) is 12.1 Å². The lowest BCUT2D eigenvalue weighted by Crippen LogP contribution is -2.12. The van der Waals surface area contributed by atoms with Crippen molar-refractivity contribution in [1.82, 2.24) is 14.8 Å². The molecule has 0 unspecified atom stereocenters. The number of nitriles is 1. The van der Waals surface area contributed by atoms with E-state index in [1.807, 2.05) is 6.07 Å². The van der Waals surface area contributed by atoms with Gasteiger partial charge in [-0.3, -0.25) is 0 Å². The van der Waals surface area contributed by atoms with E-state index in [2.05, 4.69) is 16.2 Å². The molecule has 8 nitrogen and oxygen atoms in total. The molecule has 0 atom stereocenters. The molecule has 0 saturated carbocycles. The molecule has 9 heteroatoms. The molecule has 3 N–H and O–H groups in total. The maximum atomic E-state index is 11.4. The fourth-order valence-corrected chi connectivity index (χ4v) is 3.01. The maximum absolute atomic E-state index is 11.4. The smallest absolute Gasteiger partial charge is 0.238 e. The molecular formula is C17H15N5O3S. The number of aliphatic hydroxyl groups excluding tert-OH is 1. The molecule has 0 bridgehead atoms. The minimum atomic E-state index is -3.78. The minimum Gasteiger partial charge on any atom is -0.388 e. The Morgan fingerprint density at radius 3 is 2.54 bits per heavy atom. The van der Waals surface area contributed by atoms with Crippen LogP contribution in [-0.4, -0.2) is 28.3 Å². The summed E-state index contributed by atoms with van der Waals surface area (Å²) in [6.45, 7) is -0.326. The van der Waals surface area contributed by atoms with Gasteiger partial charge in [-0.15, -0.1) is 5.10 Å². The fourth-order valence-electron chi connectivity index (χ4n) is 2.49. The summed E-state index contributed by atoms with van der Waals surface area (Å²) in [5.41, 5.74) is 1.98. The highest BCUT2D eigenvalue weighted by Gasteiger charge is 2.14. The highest BCUT2D eigenvalue weighted by molar-refractivity contribution is 7.89. The number of hydrogen-bond acceptors (Lipinski definition) is 6. The zero-order chi connectivity index (χ0) is 18.7. The lowest BCUT2D eigenvalue weighted by molar-refractivity contribution is 0.271. The van der Waals surface area contributed by atoms with E-state index in [0.717, 1.165) is 5.56 Å². The van der Waals surface area contributed by atoms with Crippen LogP contribution in [0.2, 0.25) is 0 Å². The monoisotopic (exact) mass is 369 g/mol. The van der Waals surface area contributed by atoms with Gasteiger partial charge in [-0.25, -0.2) is 23.2 Å². The van der Waals surface area contributed by atoms with Gasteiger partial charge >= 0.3 is 0 Å². The molecule has 26 heavy (non-hydrogen) atoms. The number of rotatable bonds is 5. The molecule has 0 aliphatic rings. The van der Waals surface area contributed by atoms with Crippen molar-refractivity contribution in [2.45, 2.75) is 17.9 Å². The number of aromatic nitrogens is 3. The number of nitrogens with two attached hydrogens (primary N) is 1. The molecule has 0 radical (unpaired) electrons. The van der Waals surface area contributed by atoms with Gasteiger partial charge in [-0.05, 0) is 42.0 Å². The Labute approximate surface area is 150 Å². The van der Waals surface area contributed by atoms with E-state index in [1.54, 1.807) is 30.3 Å². The molecule has 0 aliphatic heterocycles. The third kappa shape index (κ3) is 3.78. The molecule has 3 aromatic rings. The maximum Gasteiger partial charge on any atom is 0.238 e. The topological polar surface area (TPSA) is 135 Å². The second-order valence-corrected chi connectivity index (χ2v) is 7.10. The summed E-state index contributed by atoms with van der Waals surface area (Å²) < 4.78 is 24.3. The third-order valence-corrected chi connectivity index (χ3v) is 4.62. The molecule has 3 rings (SSSR count). The van der Waals surface area contributed by atoms with Gasteiger partial charge in [0.05, 0.1) is 22.2 Å². The van der Waals surface area contributed by atoms with E-state index in [9.17, 15) is 13.5 Å². The van der Waals surface area contributed by atoms with Crippen LogP contribution in [0.15, 0.2) is 53.4 Å². The number of nitrogens with zero attached hydrogens (tertiary/aromatic N) is 4. The van der Waals surface area contributed by atoms with E-state index in [4.69, 9.17) is 10.4 Å². The summed E-state index contributed by atoms with van der Waals surface area (Å²) >= 11 is 0. The zero-order valence-electron chi connectivity index (χ0n) is 13.6. The van der Waals surface area contributed by atoms with Gasteiger partial charge in [0.1, 0.15) is 12.4 Å². The molecule has 1 aromatic heterocycles. The van der Waals surface area contributed by atoms with E-state index in [-0.39, 0.29) is 17.3 Å². The Bertz CT molecular complexity index is 1080. The Kier molecular flexibility index (Phi) is 4.81. The summed E-state index contributed by atoms with van der Waals surface area (Å²) in [6, 6.07) is 15.1. The first-order valence-electron chi connectivity index (χ1n) is 7.58. The molecule has 0 fully saturated rings. The van der Waals surface area contributed by atoms with Crippen molar-refractivity contribution in [2.75, 3.05) is 0 Å². The Balaban J connectivity index is 2.00. The van der Waals surface area contributed by atoms with Crippen molar-refractivity contribution in [3.8, 4) is 11.8 Å². The standard InChI is InChI=1S/C17H15N5O3S/c18-10-13-3-1-2-12(8-13)9-17-20-16(11-23)21-22(17)14-4-6-15(7-5-14)26(19,24)25/h1-8,23H,9,11H2,(H2,19,24,25). The molecule has 132 valence electrons. The normalized spacial score (nSPS) is 11.3. The predicted molar refractivity (Wildman–Crippen MR) is 92.6 cm³/mol. The molecular weight excluding hydrogens is 354 g/mol. The number of benzene rings is 2. The molecule has 0 aliphatic carbocycles. The van der Waals surface area contributed by atoms with Crippen LogP contribution in [0.4, 0.5) is 0 Å². The van der Waals surface area contributed by atoms with Crippen molar-refractivity contribution >= 4 is 10.0 Å². The van der Waals surface area contributed by atoms with Crippen LogP contribution < -0.4 is 5.14 Å². The first-order chi connectivity index (χ1) is 12.4. The van der Waals surface area contributed by atoms with E-state index in [0.29, 0.717) is 23.5 Å². The molecule has 0 spiro atoms. The van der Waals surface area contributed by atoms with Crippen LogP contribution in [0, 0.1) is 11.3 Å². The van der Waals surface area contributed by atoms with Crippen LogP contribution >= 0.6 is 0 Å². The first-order valence-corrected chi connectivity index (χ1v) is 9.13. The average molecular weight is 369 g/mol. The average Bonchev–Trinajstić information content (AvgIpc) is 3.04. The summed E-state index contributed by atoms with van der Waals surface area (Å²) in [4.78, 5) is 4.30. The van der Waals surface area contributed by atoms with Crippen LogP contribution in [-0.2, 0) is 23.1 Å². The molecule has 0 amide bonds. The second kappa shape index (κ2) is 7.05. The minimum absolute atomic E-state index is 0.00739. The van der Waals surface area contributed by atoms with Crippen molar-refractivity contribution in [3.05, 3.63) is 71.3 Å². The molecule has 2 aromatic carbocycles. The number of hydrogen-bond donors (Lipinski definition) is 2. The number of primary sulfonamides is 1. The Morgan fingerprint density at radius 2 is 1.92 bits per heavy atom. The van der Waals surface area contributed by atoms with E-state index >= 15 is 0 Å². The van der Waals surface area contributed by atoms with Gasteiger partial charge in [0.2, 0.25) is 10.0 Å². The van der Waals surface area contributed by atoms with Crippen molar-refractivity contribution in [3.63, 3.8) is 0 Å². The van der Waals surface area contributed by atoms with Crippen LogP contribution in [0.1, 0.15) is 22.8 Å². The molecule has 0 saturated heterocycles. The quantitative estimate of drug-likeness (QED) is 0.685. The Morgan fingerprint density at radius 1 is 1.19 bits per heavy atom. The molecule has 1 heterocycles. The summed E-state index contributed by atoms with van der Waals surface area (Å²) in [7, 11) is -3.78. The van der Waals surface area contributed by atoms with Gasteiger partial charge in [0.15, 0.2) is 5.82 Å². The summed E-state index contributed by atoms with van der Waals surface area (Å²) in [5, 5.41) is 27.7. The SMILES string of the molecule is N#Cc1cccc(Cc2nc(CO)nn2-c2ccc(S(N)(=O)=O)cc2)c1. The zero-order valence-corrected chi connectivity index (χ0v) is 14.4. The Hall–Kier alpha value is -3.06. The van der Waals surface area contributed by atoms with Crippen LogP contribution in [0.5, 0.6) is 0 Å². The predicted octanol–water partition coefficient (Wildman–Crippen LogP) is 0.869. The largest absolute Gasteiger partial charge is 0.388 e. The van der Waals surface area contributed by atoms with Gasteiger partial charge < -0.3 is 5.11 Å².